The molecule has 0 fully saturated rings. The van der Waals surface area contributed by atoms with Gasteiger partial charge in [-0.1, -0.05) is 23.2 Å². The van der Waals surface area contributed by atoms with Crippen molar-refractivity contribution in [3.8, 4) is 5.75 Å². The molecule has 0 aliphatic heterocycles. The smallest absolute Gasteiger partial charge is 0.256 e. The van der Waals surface area contributed by atoms with Crippen LogP contribution in [0.15, 0.2) is 52.1 Å². The number of hydrogen-bond acceptors (Lipinski definition) is 6. The third-order valence-corrected chi connectivity index (χ3v) is 5.11. The van der Waals surface area contributed by atoms with E-state index in [0.29, 0.717) is 43.7 Å². The van der Waals surface area contributed by atoms with Crippen molar-refractivity contribution >= 4 is 68.8 Å². The third kappa shape index (κ3) is 3.83. The maximum atomic E-state index is 13.2. The van der Waals surface area contributed by atoms with E-state index in [2.05, 4.69) is 10.3 Å². The first kappa shape index (κ1) is 20.8. The molecule has 31 heavy (non-hydrogen) atoms. The fourth-order valence-corrected chi connectivity index (χ4v) is 3.73. The highest BCUT2D eigenvalue weighted by Gasteiger charge is 2.22. The summed E-state index contributed by atoms with van der Waals surface area (Å²) < 4.78 is 16.7. The lowest BCUT2D eigenvalue weighted by molar-refractivity contribution is -0.605. The number of anilines is 1. The van der Waals surface area contributed by atoms with E-state index in [-0.39, 0.29) is 15.7 Å². The first-order chi connectivity index (χ1) is 14.9. The highest BCUT2D eigenvalue weighted by molar-refractivity contribution is 6.39. The molecular formula is C21H15Cl2N3O5. The van der Waals surface area contributed by atoms with Crippen molar-refractivity contribution in [2.24, 2.45) is 4.99 Å². The van der Waals surface area contributed by atoms with Gasteiger partial charge in [-0.05, 0) is 30.3 Å². The lowest BCUT2D eigenvalue weighted by atomic mass is 10.0. The Hall–Kier alpha value is -3.49. The molecule has 0 bridgehead atoms. The molecule has 0 saturated carbocycles. The fraction of sp³-hybridized carbons (Fsp3) is 0.0952. The van der Waals surface area contributed by atoms with Crippen LogP contribution in [-0.2, 0) is 4.74 Å². The number of hydrogen-bond donors (Lipinski definition) is 1. The van der Waals surface area contributed by atoms with E-state index >= 15 is 0 Å². The molecule has 0 atom stereocenters. The highest BCUT2D eigenvalue weighted by Crippen LogP contribution is 2.39. The number of methoxy groups -OCH3 is 2. The van der Waals surface area contributed by atoms with Gasteiger partial charge in [0.05, 0.1) is 31.2 Å². The summed E-state index contributed by atoms with van der Waals surface area (Å²) in [6.07, 6.45) is 3.50. The van der Waals surface area contributed by atoms with Crippen LogP contribution in [0.3, 0.4) is 0 Å². The zero-order valence-electron chi connectivity index (χ0n) is 16.3. The molecule has 10 heteroatoms. The molecule has 2 aromatic carbocycles. The number of pyridine rings is 1. The SMILES string of the molecule is CO/C=N/c1ccc2oc3c(OC)ccc(C(=O)Nc4c(Cl)c[n+]([O-])cc4Cl)c3c2c1. The number of nitrogens with zero attached hydrogens (tertiary/aromatic N) is 2. The van der Waals surface area contributed by atoms with Gasteiger partial charge in [0, 0.05) is 10.8 Å². The predicted molar refractivity (Wildman–Crippen MR) is 119 cm³/mol. The molecular weight excluding hydrogens is 445 g/mol. The summed E-state index contributed by atoms with van der Waals surface area (Å²) in [5, 5.41) is 15.3. The zero-order chi connectivity index (χ0) is 22.1. The molecule has 0 saturated heterocycles. The number of aliphatic imine (C=N–C) groups is 1. The molecule has 0 aliphatic carbocycles. The van der Waals surface area contributed by atoms with Gasteiger partial charge >= 0.3 is 0 Å². The number of carbonyl (C=O) groups is 1. The van der Waals surface area contributed by atoms with Crippen molar-refractivity contribution in [3.63, 3.8) is 0 Å². The van der Waals surface area contributed by atoms with E-state index in [9.17, 15) is 10.0 Å². The number of aromatic nitrogens is 1. The Morgan fingerprint density at radius 3 is 2.61 bits per heavy atom. The van der Waals surface area contributed by atoms with E-state index in [4.69, 9.17) is 37.1 Å². The van der Waals surface area contributed by atoms with Crippen LogP contribution in [0.2, 0.25) is 10.0 Å². The molecule has 2 heterocycles. The standard InChI is InChI=1S/C21H15Cl2N3O5/c1-29-10-24-11-3-5-16-13(7-11)18-12(4-6-17(30-2)20(18)31-16)21(27)25-19-14(22)8-26(28)9-15(19)23/h3-10H,1-2H3,(H,25,27)/b24-10+. The third-order valence-electron chi connectivity index (χ3n) is 4.54. The number of benzene rings is 2. The largest absolute Gasteiger partial charge is 0.619 e. The van der Waals surface area contributed by atoms with Crippen LogP contribution in [0, 0.1) is 5.21 Å². The van der Waals surface area contributed by atoms with Crippen LogP contribution >= 0.6 is 23.2 Å². The van der Waals surface area contributed by atoms with Crippen molar-refractivity contribution < 1.29 is 23.4 Å². The number of halogens is 2. The molecule has 4 rings (SSSR count). The van der Waals surface area contributed by atoms with Gasteiger partial charge in [0.25, 0.3) is 5.91 Å². The van der Waals surface area contributed by atoms with Gasteiger partial charge in [0.1, 0.15) is 15.6 Å². The maximum Gasteiger partial charge on any atom is 0.256 e. The summed E-state index contributed by atoms with van der Waals surface area (Å²) in [4.78, 5) is 17.4. The fourth-order valence-electron chi connectivity index (χ4n) is 3.19. The Balaban J connectivity index is 1.89. The van der Waals surface area contributed by atoms with Gasteiger partial charge in [-0.3, -0.25) is 4.79 Å². The molecule has 2 aromatic heterocycles. The molecule has 1 amide bonds. The first-order valence-corrected chi connectivity index (χ1v) is 9.66. The van der Waals surface area contributed by atoms with Crippen molar-refractivity contribution in [1.29, 1.82) is 0 Å². The summed E-state index contributed by atoms with van der Waals surface area (Å²) in [6, 6.07) is 8.51. The second-order valence-corrected chi connectivity index (χ2v) is 7.23. The summed E-state index contributed by atoms with van der Waals surface area (Å²) >= 11 is 12.2. The van der Waals surface area contributed by atoms with Crippen molar-refractivity contribution in [1.82, 2.24) is 0 Å². The van der Waals surface area contributed by atoms with Gasteiger partial charge in [-0.15, -0.1) is 0 Å². The van der Waals surface area contributed by atoms with Crippen LogP contribution < -0.4 is 14.8 Å². The van der Waals surface area contributed by atoms with Gasteiger partial charge in [-0.25, -0.2) is 4.99 Å². The summed E-state index contributed by atoms with van der Waals surface area (Å²) in [7, 11) is 3.01. The highest BCUT2D eigenvalue weighted by atomic mass is 35.5. The van der Waals surface area contributed by atoms with Gasteiger partial charge in [0.2, 0.25) is 12.4 Å². The van der Waals surface area contributed by atoms with Gasteiger partial charge in [0.15, 0.2) is 17.7 Å². The summed E-state index contributed by atoms with van der Waals surface area (Å²) in [5.41, 5.74) is 1.99. The minimum Gasteiger partial charge on any atom is -0.619 e. The molecule has 0 radical (unpaired) electrons. The van der Waals surface area contributed by atoms with Crippen LogP contribution in [0.25, 0.3) is 21.9 Å². The van der Waals surface area contributed by atoms with E-state index in [1.807, 2.05) is 0 Å². The maximum absolute atomic E-state index is 13.2. The van der Waals surface area contributed by atoms with Crippen molar-refractivity contribution in [2.45, 2.75) is 0 Å². The van der Waals surface area contributed by atoms with Gasteiger partial charge in [-0.2, -0.15) is 4.73 Å². The topological polar surface area (TPSA) is 100 Å². The number of amides is 1. The van der Waals surface area contributed by atoms with E-state index in [0.717, 1.165) is 12.4 Å². The number of ether oxygens (including phenoxy) is 2. The van der Waals surface area contributed by atoms with E-state index < -0.39 is 5.91 Å². The molecule has 8 nitrogen and oxygen atoms in total. The average Bonchev–Trinajstić information content (AvgIpc) is 3.12. The Kier molecular flexibility index (Phi) is 5.58. The van der Waals surface area contributed by atoms with Crippen LogP contribution in [0.5, 0.6) is 5.75 Å². The predicted octanol–water partition coefficient (Wildman–Crippen LogP) is 5.09. The van der Waals surface area contributed by atoms with Crippen LogP contribution in [0.4, 0.5) is 11.4 Å². The second-order valence-electron chi connectivity index (χ2n) is 6.42. The molecule has 0 spiro atoms. The number of furan rings is 1. The number of rotatable bonds is 5. The summed E-state index contributed by atoms with van der Waals surface area (Å²) in [5.74, 6) is -0.0264. The van der Waals surface area contributed by atoms with Gasteiger partial charge < -0.3 is 24.4 Å². The quantitative estimate of drug-likeness (QED) is 0.194. The molecule has 0 unspecified atom stereocenters. The van der Waals surface area contributed by atoms with Crippen molar-refractivity contribution in [2.75, 3.05) is 19.5 Å². The Labute approximate surface area is 186 Å². The molecule has 1 N–H and O–H groups in total. The van der Waals surface area contributed by atoms with Crippen LogP contribution in [-0.4, -0.2) is 26.5 Å². The number of fused-ring (bicyclic) bond motifs is 3. The monoisotopic (exact) mass is 459 g/mol. The molecule has 4 aromatic rings. The van der Waals surface area contributed by atoms with Crippen molar-refractivity contribution in [3.05, 3.63) is 63.5 Å². The number of nitrogens with one attached hydrogen (secondary N) is 1. The average molecular weight is 460 g/mol. The summed E-state index contributed by atoms with van der Waals surface area (Å²) in [6.45, 7) is 0. The lowest BCUT2D eigenvalue weighted by Gasteiger charge is -2.10. The van der Waals surface area contributed by atoms with E-state index in [1.54, 1.807) is 30.3 Å². The Morgan fingerprint density at radius 2 is 1.94 bits per heavy atom. The zero-order valence-corrected chi connectivity index (χ0v) is 17.8. The molecule has 0 aliphatic rings. The molecule has 158 valence electrons. The Morgan fingerprint density at radius 1 is 1.19 bits per heavy atom. The normalized spacial score (nSPS) is 11.4. The number of carbonyl (C=O) groups excluding carboxylic acids is 1. The first-order valence-electron chi connectivity index (χ1n) is 8.90. The lowest BCUT2D eigenvalue weighted by Crippen LogP contribution is -2.25. The van der Waals surface area contributed by atoms with Crippen LogP contribution in [0.1, 0.15) is 10.4 Å². The minimum absolute atomic E-state index is 0.00819. The van der Waals surface area contributed by atoms with E-state index in [1.165, 1.54) is 20.6 Å². The Bertz CT molecular complexity index is 1330. The second kappa shape index (κ2) is 8.33. The minimum atomic E-state index is -0.492.